The number of carbonyl (C=O) groups is 1. The molecule has 0 bridgehead atoms. The van der Waals surface area contributed by atoms with Crippen molar-refractivity contribution < 1.29 is 13.6 Å². The van der Waals surface area contributed by atoms with Crippen LogP contribution in [0.3, 0.4) is 0 Å². The zero-order valence-corrected chi connectivity index (χ0v) is 12.6. The van der Waals surface area contributed by atoms with Gasteiger partial charge in [0, 0.05) is 25.0 Å². The summed E-state index contributed by atoms with van der Waals surface area (Å²) in [6.07, 6.45) is 0.715. The van der Waals surface area contributed by atoms with E-state index in [-0.39, 0.29) is 29.2 Å². The SMILES string of the molecule is NC1CC(c2ccc(F)cc2)CN(C(=O)c2ccccc2F)C1. The number of nitrogens with two attached hydrogens (primary N) is 1. The number of rotatable bonds is 2. The van der Waals surface area contributed by atoms with Gasteiger partial charge in [0.2, 0.25) is 0 Å². The summed E-state index contributed by atoms with van der Waals surface area (Å²) in [5.41, 5.74) is 7.07. The average molecular weight is 316 g/mol. The third-order valence-electron chi connectivity index (χ3n) is 4.22. The Morgan fingerprint density at radius 3 is 2.43 bits per heavy atom. The van der Waals surface area contributed by atoms with E-state index in [1.165, 1.54) is 24.3 Å². The molecule has 5 heteroatoms. The molecule has 120 valence electrons. The molecule has 2 aromatic carbocycles. The Balaban J connectivity index is 1.82. The molecule has 0 radical (unpaired) electrons. The summed E-state index contributed by atoms with van der Waals surface area (Å²) in [5, 5.41) is 0. The second-order valence-electron chi connectivity index (χ2n) is 5.93. The minimum Gasteiger partial charge on any atom is -0.336 e. The number of benzene rings is 2. The second-order valence-corrected chi connectivity index (χ2v) is 5.93. The highest BCUT2D eigenvalue weighted by Crippen LogP contribution is 2.27. The van der Waals surface area contributed by atoms with E-state index >= 15 is 0 Å². The van der Waals surface area contributed by atoms with Gasteiger partial charge < -0.3 is 10.6 Å². The first-order valence-corrected chi connectivity index (χ1v) is 7.59. The van der Waals surface area contributed by atoms with Crippen LogP contribution in [0.1, 0.15) is 28.3 Å². The van der Waals surface area contributed by atoms with Gasteiger partial charge in [-0.05, 0) is 36.2 Å². The maximum atomic E-state index is 13.8. The van der Waals surface area contributed by atoms with Crippen molar-refractivity contribution in [2.45, 2.75) is 18.4 Å². The molecule has 1 aliphatic heterocycles. The van der Waals surface area contributed by atoms with Gasteiger partial charge in [-0.2, -0.15) is 0 Å². The smallest absolute Gasteiger partial charge is 0.256 e. The molecule has 1 heterocycles. The van der Waals surface area contributed by atoms with Crippen molar-refractivity contribution in [1.29, 1.82) is 0 Å². The molecule has 23 heavy (non-hydrogen) atoms. The van der Waals surface area contributed by atoms with Crippen LogP contribution in [0.5, 0.6) is 0 Å². The number of piperidine rings is 1. The molecule has 0 aromatic heterocycles. The van der Waals surface area contributed by atoms with Crippen LogP contribution in [0.2, 0.25) is 0 Å². The fourth-order valence-corrected chi connectivity index (χ4v) is 3.09. The van der Waals surface area contributed by atoms with Crippen molar-refractivity contribution in [3.05, 3.63) is 71.3 Å². The average Bonchev–Trinajstić information content (AvgIpc) is 2.55. The summed E-state index contributed by atoms with van der Waals surface area (Å²) in [4.78, 5) is 14.2. The van der Waals surface area contributed by atoms with Crippen molar-refractivity contribution >= 4 is 5.91 Å². The van der Waals surface area contributed by atoms with Gasteiger partial charge in [-0.15, -0.1) is 0 Å². The number of carbonyl (C=O) groups excluding carboxylic acids is 1. The molecule has 1 aliphatic rings. The Kier molecular flexibility index (Phi) is 4.39. The number of amides is 1. The van der Waals surface area contributed by atoms with Gasteiger partial charge >= 0.3 is 0 Å². The molecule has 3 nitrogen and oxygen atoms in total. The zero-order valence-electron chi connectivity index (χ0n) is 12.6. The Labute approximate surface area is 133 Å². The predicted molar refractivity (Wildman–Crippen MR) is 84.0 cm³/mol. The van der Waals surface area contributed by atoms with Gasteiger partial charge in [0.05, 0.1) is 5.56 Å². The highest BCUT2D eigenvalue weighted by molar-refractivity contribution is 5.94. The molecule has 2 aromatic rings. The van der Waals surface area contributed by atoms with Crippen molar-refractivity contribution in [3.8, 4) is 0 Å². The molecule has 3 rings (SSSR count). The first-order chi connectivity index (χ1) is 11.0. The standard InChI is InChI=1S/C18H18F2N2O/c19-14-7-5-12(6-8-14)13-9-15(21)11-22(10-13)18(23)16-3-1-2-4-17(16)20/h1-8,13,15H,9-11,21H2. The minimum absolute atomic E-state index is 0.0232. The van der Waals surface area contributed by atoms with E-state index in [1.54, 1.807) is 29.2 Å². The van der Waals surface area contributed by atoms with E-state index in [4.69, 9.17) is 5.73 Å². The van der Waals surface area contributed by atoms with E-state index in [0.717, 1.165) is 5.56 Å². The lowest BCUT2D eigenvalue weighted by Gasteiger charge is -2.36. The fourth-order valence-electron chi connectivity index (χ4n) is 3.09. The largest absolute Gasteiger partial charge is 0.336 e. The number of halogens is 2. The Morgan fingerprint density at radius 1 is 1.04 bits per heavy atom. The summed E-state index contributed by atoms with van der Waals surface area (Å²) >= 11 is 0. The van der Waals surface area contributed by atoms with Crippen LogP contribution < -0.4 is 5.73 Å². The van der Waals surface area contributed by atoms with Gasteiger partial charge in [-0.3, -0.25) is 4.79 Å². The predicted octanol–water partition coefficient (Wildman–Crippen LogP) is 2.92. The number of hydrogen-bond acceptors (Lipinski definition) is 2. The zero-order chi connectivity index (χ0) is 16.4. The van der Waals surface area contributed by atoms with Gasteiger partial charge in [0.25, 0.3) is 5.91 Å². The van der Waals surface area contributed by atoms with Crippen molar-refractivity contribution in [3.63, 3.8) is 0 Å². The van der Waals surface area contributed by atoms with Crippen LogP contribution in [0.15, 0.2) is 48.5 Å². The summed E-state index contributed by atoms with van der Waals surface area (Å²) in [6.45, 7) is 0.845. The van der Waals surface area contributed by atoms with Crippen molar-refractivity contribution in [1.82, 2.24) is 4.90 Å². The minimum atomic E-state index is -0.532. The number of likely N-dealkylation sites (tertiary alicyclic amines) is 1. The quantitative estimate of drug-likeness (QED) is 0.926. The summed E-state index contributed by atoms with van der Waals surface area (Å²) in [7, 11) is 0. The number of nitrogens with zero attached hydrogens (tertiary/aromatic N) is 1. The lowest BCUT2D eigenvalue weighted by atomic mass is 9.88. The van der Waals surface area contributed by atoms with Crippen LogP contribution in [0, 0.1) is 11.6 Å². The molecule has 2 N–H and O–H groups in total. The molecule has 0 aliphatic carbocycles. The van der Waals surface area contributed by atoms with Crippen LogP contribution in [-0.4, -0.2) is 29.9 Å². The topological polar surface area (TPSA) is 46.3 Å². The first kappa shape index (κ1) is 15.6. The van der Waals surface area contributed by atoms with Crippen molar-refractivity contribution in [2.24, 2.45) is 5.73 Å². The van der Waals surface area contributed by atoms with Crippen LogP contribution in [0.25, 0.3) is 0 Å². The molecule has 0 saturated carbocycles. The Hall–Kier alpha value is -2.27. The molecule has 1 saturated heterocycles. The summed E-state index contributed by atoms with van der Waals surface area (Å²) in [5.74, 6) is -1.16. The lowest BCUT2D eigenvalue weighted by Crippen LogP contribution is -2.48. The molecular formula is C18H18F2N2O. The Morgan fingerprint density at radius 2 is 1.74 bits per heavy atom. The van der Waals surface area contributed by atoms with Crippen LogP contribution >= 0.6 is 0 Å². The van der Waals surface area contributed by atoms with E-state index in [9.17, 15) is 13.6 Å². The maximum absolute atomic E-state index is 13.8. The normalized spacial score (nSPS) is 21.3. The van der Waals surface area contributed by atoms with Crippen LogP contribution in [0.4, 0.5) is 8.78 Å². The molecule has 1 amide bonds. The second kappa shape index (κ2) is 6.46. The molecule has 1 fully saturated rings. The third kappa shape index (κ3) is 3.40. The molecule has 2 atom stereocenters. The Bertz CT molecular complexity index is 702. The van der Waals surface area contributed by atoms with Gasteiger partial charge in [-0.25, -0.2) is 8.78 Å². The fraction of sp³-hybridized carbons (Fsp3) is 0.278. The maximum Gasteiger partial charge on any atom is 0.256 e. The van der Waals surface area contributed by atoms with E-state index in [2.05, 4.69) is 0 Å². The van der Waals surface area contributed by atoms with Gasteiger partial charge in [-0.1, -0.05) is 24.3 Å². The van der Waals surface area contributed by atoms with E-state index in [1.807, 2.05) is 0 Å². The van der Waals surface area contributed by atoms with E-state index < -0.39 is 5.82 Å². The molecule has 2 unspecified atom stereocenters. The van der Waals surface area contributed by atoms with E-state index in [0.29, 0.717) is 19.5 Å². The third-order valence-corrected chi connectivity index (χ3v) is 4.22. The monoisotopic (exact) mass is 316 g/mol. The highest BCUT2D eigenvalue weighted by atomic mass is 19.1. The lowest BCUT2D eigenvalue weighted by molar-refractivity contribution is 0.0684. The van der Waals surface area contributed by atoms with Crippen molar-refractivity contribution in [2.75, 3.05) is 13.1 Å². The first-order valence-electron chi connectivity index (χ1n) is 7.59. The van der Waals surface area contributed by atoms with Gasteiger partial charge in [0.1, 0.15) is 11.6 Å². The molecular weight excluding hydrogens is 298 g/mol. The summed E-state index contributed by atoms with van der Waals surface area (Å²) in [6, 6.07) is 12.0. The molecule has 0 spiro atoms. The highest BCUT2D eigenvalue weighted by Gasteiger charge is 2.30. The number of hydrogen-bond donors (Lipinski definition) is 1. The van der Waals surface area contributed by atoms with Gasteiger partial charge in [0.15, 0.2) is 0 Å². The summed E-state index contributed by atoms with van der Waals surface area (Å²) < 4.78 is 26.9. The van der Waals surface area contributed by atoms with Crippen LogP contribution in [-0.2, 0) is 0 Å².